The smallest absolute Gasteiger partial charge is 0.406 e. The number of nitrogens with zero attached hydrogens (tertiary/aromatic N) is 2. The maximum absolute atomic E-state index is 12.5. The quantitative estimate of drug-likeness (QED) is 0.238. The van der Waals surface area contributed by atoms with Gasteiger partial charge in [-0.05, 0) is 66.1 Å². The second kappa shape index (κ2) is 12.1. The van der Waals surface area contributed by atoms with Crippen LogP contribution in [0.2, 0.25) is 5.02 Å². The van der Waals surface area contributed by atoms with Crippen LogP contribution in [0.5, 0.6) is 5.75 Å². The first-order chi connectivity index (χ1) is 17.8. The summed E-state index contributed by atoms with van der Waals surface area (Å²) in [6, 6.07) is 22.1. The number of rotatable bonds is 9. The number of hydrogen-bond donors (Lipinski definition) is 1. The number of ether oxygens (including phenoxy) is 1. The van der Waals surface area contributed by atoms with Crippen molar-refractivity contribution in [1.82, 2.24) is 9.88 Å². The van der Waals surface area contributed by atoms with Crippen LogP contribution in [0.25, 0.3) is 11.3 Å². The van der Waals surface area contributed by atoms with Crippen molar-refractivity contribution in [3.05, 3.63) is 105 Å². The highest BCUT2D eigenvalue weighted by molar-refractivity contribution is 7.07. The molecule has 3 aromatic carbocycles. The Kier molecular flexibility index (Phi) is 8.68. The number of nitrogens with one attached hydrogen (secondary N) is 1. The SMILES string of the molecule is O=C(NCCCn1c(-c2ccc(OC(F)(F)F)cc2)cs/c1=N\Cc1ccc(Cl)cc1)c1ccccc1. The van der Waals surface area contributed by atoms with Crippen LogP contribution in [-0.4, -0.2) is 23.4 Å². The number of carbonyl (C=O) groups excluding carboxylic acids is 1. The van der Waals surface area contributed by atoms with Crippen molar-refractivity contribution in [2.75, 3.05) is 6.54 Å². The molecule has 0 bridgehead atoms. The van der Waals surface area contributed by atoms with E-state index in [4.69, 9.17) is 16.6 Å². The van der Waals surface area contributed by atoms with E-state index in [1.165, 1.54) is 23.5 Å². The first-order valence-corrected chi connectivity index (χ1v) is 12.7. The van der Waals surface area contributed by atoms with Crippen molar-refractivity contribution >= 4 is 28.8 Å². The monoisotopic (exact) mass is 545 g/mol. The van der Waals surface area contributed by atoms with E-state index in [1.54, 1.807) is 36.4 Å². The fraction of sp³-hybridized carbons (Fsp3) is 0.185. The minimum Gasteiger partial charge on any atom is -0.406 e. The number of alkyl halides is 3. The van der Waals surface area contributed by atoms with Crippen LogP contribution < -0.4 is 14.9 Å². The third kappa shape index (κ3) is 7.71. The molecule has 0 spiro atoms. The standard InChI is InChI=1S/C27H23ClF3N3O2S/c28-22-11-7-19(8-12-22)17-33-26-34(16-4-15-32-25(35)21-5-2-1-3-6-21)24(18-37-26)20-9-13-23(14-10-20)36-27(29,30)31/h1-3,5-14,18H,4,15-17H2,(H,32,35)/b33-26-. The number of benzene rings is 3. The molecule has 0 aliphatic rings. The Hall–Kier alpha value is -3.56. The van der Waals surface area contributed by atoms with Gasteiger partial charge in [0.05, 0.1) is 12.2 Å². The zero-order valence-electron chi connectivity index (χ0n) is 19.5. The van der Waals surface area contributed by atoms with E-state index in [0.29, 0.717) is 36.6 Å². The Labute approximate surface area is 220 Å². The molecule has 1 aromatic heterocycles. The number of hydrogen-bond acceptors (Lipinski definition) is 4. The molecular weight excluding hydrogens is 523 g/mol. The van der Waals surface area contributed by atoms with E-state index >= 15 is 0 Å². The van der Waals surface area contributed by atoms with Gasteiger partial charge in [0.1, 0.15) is 5.75 Å². The first-order valence-electron chi connectivity index (χ1n) is 11.4. The van der Waals surface area contributed by atoms with Gasteiger partial charge in [0.25, 0.3) is 5.91 Å². The van der Waals surface area contributed by atoms with Gasteiger partial charge in [-0.3, -0.25) is 9.79 Å². The highest BCUT2D eigenvalue weighted by Crippen LogP contribution is 2.27. The van der Waals surface area contributed by atoms with Gasteiger partial charge in [-0.2, -0.15) is 0 Å². The molecular formula is C27H23ClF3N3O2S. The summed E-state index contributed by atoms with van der Waals surface area (Å²) in [5.74, 6) is -0.432. The molecule has 4 rings (SSSR count). The fourth-order valence-corrected chi connectivity index (χ4v) is 4.67. The zero-order valence-corrected chi connectivity index (χ0v) is 21.1. The lowest BCUT2D eigenvalue weighted by molar-refractivity contribution is -0.274. The topological polar surface area (TPSA) is 55.6 Å². The second-order valence-electron chi connectivity index (χ2n) is 8.05. The molecule has 0 saturated heterocycles. The minimum absolute atomic E-state index is 0.149. The summed E-state index contributed by atoms with van der Waals surface area (Å²) in [4.78, 5) is 17.9. The summed E-state index contributed by atoms with van der Waals surface area (Å²) in [6.07, 6.45) is -4.12. The van der Waals surface area contributed by atoms with Crippen LogP contribution in [0.3, 0.4) is 0 Å². The average Bonchev–Trinajstić information content (AvgIpc) is 3.29. The van der Waals surface area contributed by atoms with Gasteiger partial charge in [-0.1, -0.05) is 41.9 Å². The van der Waals surface area contributed by atoms with E-state index in [9.17, 15) is 18.0 Å². The maximum Gasteiger partial charge on any atom is 0.573 e. The molecule has 37 heavy (non-hydrogen) atoms. The van der Waals surface area contributed by atoms with Crippen molar-refractivity contribution < 1.29 is 22.7 Å². The Balaban J connectivity index is 1.52. The molecule has 1 amide bonds. The maximum atomic E-state index is 12.5. The van der Waals surface area contributed by atoms with Crippen LogP contribution in [0.4, 0.5) is 13.2 Å². The van der Waals surface area contributed by atoms with E-state index in [2.05, 4.69) is 10.1 Å². The van der Waals surface area contributed by atoms with Crippen LogP contribution in [-0.2, 0) is 13.1 Å². The van der Waals surface area contributed by atoms with Crippen molar-refractivity contribution in [2.24, 2.45) is 4.99 Å². The molecule has 0 radical (unpaired) electrons. The lowest BCUT2D eigenvalue weighted by atomic mass is 10.1. The van der Waals surface area contributed by atoms with E-state index < -0.39 is 6.36 Å². The summed E-state index contributed by atoms with van der Waals surface area (Å²) in [5, 5.41) is 5.48. The minimum atomic E-state index is -4.75. The normalized spacial score (nSPS) is 11.9. The molecule has 0 aliphatic heterocycles. The molecule has 10 heteroatoms. The number of carbonyl (C=O) groups is 1. The van der Waals surface area contributed by atoms with Gasteiger partial charge in [-0.25, -0.2) is 0 Å². The predicted octanol–water partition coefficient (Wildman–Crippen LogP) is 6.69. The highest BCUT2D eigenvalue weighted by Gasteiger charge is 2.31. The second-order valence-corrected chi connectivity index (χ2v) is 9.32. The predicted molar refractivity (Wildman–Crippen MR) is 139 cm³/mol. The zero-order chi connectivity index (χ0) is 26.3. The molecule has 1 N–H and O–H groups in total. The molecule has 0 aliphatic carbocycles. The number of halogens is 4. The lowest BCUT2D eigenvalue weighted by Gasteiger charge is -2.12. The highest BCUT2D eigenvalue weighted by atomic mass is 35.5. The van der Waals surface area contributed by atoms with Crippen molar-refractivity contribution in [2.45, 2.75) is 25.9 Å². The molecule has 0 atom stereocenters. The van der Waals surface area contributed by atoms with Gasteiger partial charge >= 0.3 is 6.36 Å². The van der Waals surface area contributed by atoms with E-state index in [1.807, 2.05) is 40.3 Å². The Morgan fingerprint density at radius 3 is 2.38 bits per heavy atom. The Bertz CT molecular complexity index is 1380. The fourth-order valence-electron chi connectivity index (χ4n) is 3.61. The summed E-state index contributed by atoms with van der Waals surface area (Å²) >= 11 is 7.41. The molecule has 192 valence electrons. The number of aromatic nitrogens is 1. The van der Waals surface area contributed by atoms with Crippen LogP contribution in [0.1, 0.15) is 22.3 Å². The molecule has 1 heterocycles. The number of amides is 1. The molecule has 0 saturated carbocycles. The van der Waals surface area contributed by atoms with Crippen molar-refractivity contribution in [1.29, 1.82) is 0 Å². The molecule has 0 fully saturated rings. The molecule has 0 unspecified atom stereocenters. The summed E-state index contributed by atoms with van der Waals surface area (Å²) in [7, 11) is 0. The van der Waals surface area contributed by atoms with Crippen molar-refractivity contribution in [3.63, 3.8) is 0 Å². The largest absolute Gasteiger partial charge is 0.573 e. The van der Waals surface area contributed by atoms with Crippen LogP contribution >= 0.6 is 22.9 Å². The van der Waals surface area contributed by atoms with Gasteiger partial charge < -0.3 is 14.6 Å². The van der Waals surface area contributed by atoms with Crippen LogP contribution in [0, 0.1) is 0 Å². The summed E-state index contributed by atoms with van der Waals surface area (Å²) in [5.41, 5.74) is 3.13. The van der Waals surface area contributed by atoms with Gasteiger partial charge in [0.15, 0.2) is 4.80 Å². The number of thiazole rings is 1. The Morgan fingerprint density at radius 2 is 1.70 bits per heavy atom. The van der Waals surface area contributed by atoms with E-state index in [-0.39, 0.29) is 11.7 Å². The van der Waals surface area contributed by atoms with Gasteiger partial charge in [0, 0.05) is 29.1 Å². The lowest BCUT2D eigenvalue weighted by Crippen LogP contribution is -2.26. The average molecular weight is 546 g/mol. The molecule has 4 aromatic rings. The van der Waals surface area contributed by atoms with Gasteiger partial charge in [0.2, 0.25) is 0 Å². The third-order valence-corrected chi connectivity index (χ3v) is 6.52. The van der Waals surface area contributed by atoms with Gasteiger partial charge in [-0.15, -0.1) is 24.5 Å². The summed E-state index contributed by atoms with van der Waals surface area (Å²) in [6.45, 7) is 1.44. The van der Waals surface area contributed by atoms with Crippen LogP contribution in [0.15, 0.2) is 89.2 Å². The van der Waals surface area contributed by atoms with E-state index in [0.717, 1.165) is 21.6 Å². The summed E-state index contributed by atoms with van der Waals surface area (Å²) < 4.78 is 43.6. The third-order valence-electron chi connectivity index (χ3n) is 5.37. The molecule has 5 nitrogen and oxygen atoms in total. The Morgan fingerprint density at radius 1 is 1.00 bits per heavy atom. The van der Waals surface area contributed by atoms with Crippen molar-refractivity contribution in [3.8, 4) is 17.0 Å². The first kappa shape index (κ1) is 26.5.